The molecule has 38 heteroatoms. The number of benzene rings is 6. The number of fused-ring (bicyclic) bond motifs is 4. The number of sulfonamides is 2. The lowest BCUT2D eigenvalue weighted by atomic mass is 10.0. The molecular formula is C70H66Cl2F4N16O12S4. The summed E-state index contributed by atoms with van der Waals surface area (Å²) >= 11 is 13.2. The molecule has 0 radical (unpaired) electrons. The van der Waals surface area contributed by atoms with Gasteiger partial charge in [0.2, 0.25) is 31.9 Å². The Morgan fingerprint density at radius 2 is 0.852 bits per heavy atom. The van der Waals surface area contributed by atoms with Crippen molar-refractivity contribution in [2.75, 3.05) is 34.5 Å². The molecular weight excluding hydrogens is 1530 g/mol. The van der Waals surface area contributed by atoms with Crippen LogP contribution < -0.4 is 31.2 Å². The maximum absolute atomic E-state index is 14.7. The Morgan fingerprint density at radius 1 is 0.491 bits per heavy atom. The first-order valence-corrected chi connectivity index (χ1v) is 41.8. The van der Waals surface area contributed by atoms with Gasteiger partial charge in [0, 0.05) is 75.8 Å². The summed E-state index contributed by atoms with van der Waals surface area (Å²) in [5, 5.41) is 24.1. The van der Waals surface area contributed by atoms with Crippen LogP contribution in [0.5, 0.6) is 0 Å². The molecule has 2 atom stereocenters. The van der Waals surface area contributed by atoms with Gasteiger partial charge >= 0.3 is 0 Å². The Morgan fingerprint density at radius 3 is 1.19 bits per heavy atom. The number of rotatable bonds is 24. The van der Waals surface area contributed by atoms with Gasteiger partial charge in [-0.2, -0.15) is 20.4 Å². The third-order valence-corrected chi connectivity index (χ3v) is 21.1. The van der Waals surface area contributed by atoms with E-state index < -0.39 is 98.0 Å². The molecule has 108 heavy (non-hydrogen) atoms. The van der Waals surface area contributed by atoms with Gasteiger partial charge in [-0.25, -0.2) is 61.2 Å². The zero-order chi connectivity index (χ0) is 77.4. The highest BCUT2D eigenvalue weighted by Gasteiger charge is 2.33. The van der Waals surface area contributed by atoms with Gasteiger partial charge in [0.15, 0.2) is 31.3 Å². The van der Waals surface area contributed by atoms with Crippen LogP contribution in [0.4, 0.5) is 29.2 Å². The van der Waals surface area contributed by atoms with E-state index in [1.165, 1.54) is 103 Å². The van der Waals surface area contributed by atoms with Gasteiger partial charge in [-0.1, -0.05) is 35.3 Å². The quantitative estimate of drug-likeness (QED) is 0.0411. The number of hydrogen-bond acceptors (Lipinski definition) is 18. The molecule has 0 unspecified atom stereocenters. The predicted molar refractivity (Wildman–Crippen MR) is 398 cm³/mol. The molecule has 2 saturated carbocycles. The molecule has 2 aliphatic rings. The fourth-order valence-corrected chi connectivity index (χ4v) is 16.1. The molecule has 0 saturated heterocycles. The molecule has 0 bridgehead atoms. The number of nitrogens with one attached hydrogen (secondary N) is 4. The summed E-state index contributed by atoms with van der Waals surface area (Å²) in [6.07, 6.45) is 10.9. The first kappa shape index (κ1) is 75.8. The Balaban J connectivity index is 0.000000190. The molecule has 28 nitrogen and oxygen atoms in total. The van der Waals surface area contributed by atoms with E-state index in [0.717, 1.165) is 86.4 Å². The normalized spacial score (nSPS) is 14.1. The van der Waals surface area contributed by atoms with Crippen LogP contribution in [0.1, 0.15) is 94.9 Å². The van der Waals surface area contributed by atoms with Gasteiger partial charge in [0.1, 0.15) is 48.0 Å². The topological polar surface area (TPSA) is 360 Å². The summed E-state index contributed by atoms with van der Waals surface area (Å²) in [5.74, 6) is -5.01. The van der Waals surface area contributed by atoms with Crippen LogP contribution in [0, 0.1) is 23.3 Å². The first-order valence-electron chi connectivity index (χ1n) is 33.1. The maximum Gasteiger partial charge on any atom is 0.266 e. The second-order valence-corrected chi connectivity index (χ2v) is 35.6. The third kappa shape index (κ3) is 17.4. The Labute approximate surface area is 623 Å². The van der Waals surface area contributed by atoms with Gasteiger partial charge in [0.05, 0.1) is 113 Å². The second-order valence-electron chi connectivity index (χ2n) is 27.0. The molecule has 2 amide bonds. The van der Waals surface area contributed by atoms with E-state index in [1.54, 1.807) is 12.4 Å². The van der Waals surface area contributed by atoms with Crippen molar-refractivity contribution in [3.8, 4) is 11.4 Å². The van der Waals surface area contributed by atoms with Crippen LogP contribution in [0.2, 0.25) is 10.0 Å². The van der Waals surface area contributed by atoms with Gasteiger partial charge in [-0.05, 0) is 133 Å². The minimum atomic E-state index is -3.83. The molecule has 2 aliphatic carbocycles. The molecule has 6 aromatic carbocycles. The number of carbonyl (C=O) groups is 2. The molecule has 0 spiro atoms. The molecule has 12 aromatic rings. The molecule has 6 aromatic heterocycles. The second kappa shape index (κ2) is 29.3. The van der Waals surface area contributed by atoms with Crippen molar-refractivity contribution in [1.29, 1.82) is 0 Å². The average Bonchev–Trinajstić information content (AvgIpc) is 1.50. The van der Waals surface area contributed by atoms with Crippen molar-refractivity contribution in [1.82, 2.24) is 68.9 Å². The van der Waals surface area contributed by atoms with E-state index in [9.17, 15) is 70.4 Å². The van der Waals surface area contributed by atoms with Crippen LogP contribution in [-0.4, -0.2) is 129 Å². The lowest BCUT2D eigenvalue weighted by Crippen LogP contribution is -2.37. The highest BCUT2D eigenvalue weighted by Crippen LogP contribution is 2.41. The predicted octanol–water partition coefficient (Wildman–Crippen LogP) is 8.59. The molecule has 0 aliphatic heterocycles. The number of carbonyl (C=O) groups excluding carboxylic acids is 2. The highest BCUT2D eigenvalue weighted by atomic mass is 35.5. The van der Waals surface area contributed by atoms with Crippen molar-refractivity contribution in [3.05, 3.63) is 221 Å². The monoisotopic (exact) mass is 1600 g/mol. The Bertz CT molecular complexity index is 5900. The molecule has 564 valence electrons. The number of sulfone groups is 2. The summed E-state index contributed by atoms with van der Waals surface area (Å²) in [6.45, 7) is -0.463. The van der Waals surface area contributed by atoms with Crippen LogP contribution in [0.25, 0.3) is 55.0 Å². The Hall–Kier alpha value is -10.4. The number of aromatic nitrogens is 12. The van der Waals surface area contributed by atoms with E-state index in [4.69, 9.17) is 33.2 Å². The minimum Gasteiger partial charge on any atom is -0.344 e. The number of halogens is 6. The smallest absolute Gasteiger partial charge is 0.266 e. The summed E-state index contributed by atoms with van der Waals surface area (Å²) in [5.41, 5.74) is 2.19. The average molecular weight is 1600 g/mol. The number of amides is 2. The van der Waals surface area contributed by atoms with Crippen LogP contribution in [0.15, 0.2) is 131 Å². The Kier molecular flexibility index (Phi) is 20.6. The summed E-state index contributed by atoms with van der Waals surface area (Å²) in [7, 11) is -11.6. The SMILES string of the molecule is Cn1nc(NS(C)(=O)=O)c2c(Cl)ccc(-n3c([C@H](Cc4cc(F)cc(F)c4)NC(=O)Cn4ccc(C5CC5)n4)nc4cc(CS(C)(=O)=O)ccc4c3=O)c21.Cn1nc(NS(C)(=O)=O)c2c(Cl)ccc(-n3c([C@H](Cc4cc(F)cc(F)c4)NC(=O)Cn4ccc(C5CC5)n4)nc4cc(CS(C)(=O)=O)ccc4c3=O)c21. The van der Waals surface area contributed by atoms with E-state index in [-0.39, 0.29) is 137 Å². The molecule has 6 heterocycles. The first-order chi connectivity index (χ1) is 50.8. The standard InChI is InChI=1S/2C35H33ClF2N8O6S2/c2*1-44-32-29(9-8-25(36)31(32)33(42-44)43-54(3,51)52)46-34(40-27-14-19(18-53(2,49)50)4-7-24(27)35(46)48)28(15-20-12-22(37)16-23(38)13-20)39-30(47)17-45-11-10-26(41-45)21-5-6-21/h2*4,7-14,16,21,28H,5-6,15,17-18H2,1-3H3,(H,39,47)(H,42,43)/t2*28-/m00/s1. The van der Waals surface area contributed by atoms with E-state index in [1.807, 2.05) is 12.1 Å². The number of anilines is 2. The number of aryl methyl sites for hydroxylation is 2. The largest absolute Gasteiger partial charge is 0.344 e. The maximum atomic E-state index is 14.7. The van der Waals surface area contributed by atoms with Crippen molar-refractivity contribution in [2.24, 2.45) is 14.1 Å². The highest BCUT2D eigenvalue weighted by molar-refractivity contribution is 7.92. The van der Waals surface area contributed by atoms with Gasteiger partial charge in [0.25, 0.3) is 11.1 Å². The molecule has 2 fully saturated rings. The van der Waals surface area contributed by atoms with Gasteiger partial charge < -0.3 is 10.6 Å². The van der Waals surface area contributed by atoms with Crippen LogP contribution in [-0.2, 0) is 101 Å². The van der Waals surface area contributed by atoms with E-state index >= 15 is 0 Å². The van der Waals surface area contributed by atoms with Crippen LogP contribution >= 0.6 is 23.2 Å². The summed E-state index contributed by atoms with van der Waals surface area (Å²) < 4.78 is 169. The van der Waals surface area contributed by atoms with Crippen molar-refractivity contribution < 1.29 is 60.8 Å². The van der Waals surface area contributed by atoms with E-state index in [0.29, 0.717) is 35.1 Å². The van der Waals surface area contributed by atoms with Gasteiger partial charge in [-0.15, -0.1) is 0 Å². The summed E-state index contributed by atoms with van der Waals surface area (Å²) in [4.78, 5) is 66.7. The molecule has 14 rings (SSSR count). The zero-order valence-electron chi connectivity index (χ0n) is 58.1. The van der Waals surface area contributed by atoms with Crippen LogP contribution in [0.3, 0.4) is 0 Å². The summed E-state index contributed by atoms with van der Waals surface area (Å²) in [6, 6.07) is 21.6. The zero-order valence-corrected chi connectivity index (χ0v) is 62.9. The lowest BCUT2D eigenvalue weighted by molar-refractivity contribution is -0.123. The third-order valence-electron chi connectivity index (χ3n) is 17.6. The van der Waals surface area contributed by atoms with Crippen molar-refractivity contribution in [3.63, 3.8) is 0 Å². The van der Waals surface area contributed by atoms with Crippen molar-refractivity contribution >= 4 is 130 Å². The minimum absolute atomic E-state index is 0.0711. The fraction of sp³-hybridized carbons (Fsp3) is 0.286. The molecule has 4 N–H and O–H groups in total. The van der Waals surface area contributed by atoms with Crippen molar-refractivity contribution in [2.45, 2.75) is 87.0 Å². The number of hydrogen-bond donors (Lipinski definition) is 4. The lowest BCUT2D eigenvalue weighted by Gasteiger charge is -2.24. The van der Waals surface area contributed by atoms with E-state index in [2.05, 4.69) is 40.5 Å². The fourth-order valence-electron chi connectivity index (χ4n) is 13.0. The van der Waals surface area contributed by atoms with Gasteiger partial charge in [-0.3, -0.25) is 56.5 Å². The number of nitrogens with zero attached hydrogens (tertiary/aromatic N) is 12.